The second-order valence-corrected chi connectivity index (χ2v) is 12.3. The molecule has 0 bridgehead atoms. The molecule has 0 atom stereocenters. The maximum Gasteiger partial charge on any atom is 0.230 e. The van der Waals surface area contributed by atoms with Crippen molar-refractivity contribution in [1.82, 2.24) is 5.16 Å². The fraction of sp³-hybridized carbons (Fsp3) is 0.529. The summed E-state index contributed by atoms with van der Waals surface area (Å²) in [4.78, 5) is 16.1. The summed E-state index contributed by atoms with van der Waals surface area (Å²) in [6.45, 7) is 2.85. The van der Waals surface area contributed by atoms with Gasteiger partial charge in [0.05, 0.1) is 13.2 Å². The molecule has 6 heteroatoms. The highest BCUT2D eigenvalue weighted by Gasteiger charge is 2.33. The zero-order valence-electron chi connectivity index (χ0n) is 23.9. The van der Waals surface area contributed by atoms with E-state index in [0.29, 0.717) is 30.6 Å². The van der Waals surface area contributed by atoms with E-state index in [2.05, 4.69) is 59.4 Å². The molecule has 40 heavy (non-hydrogen) atoms. The minimum Gasteiger partial charge on any atom is -0.496 e. The van der Waals surface area contributed by atoms with Gasteiger partial charge in [0.1, 0.15) is 17.2 Å². The Bertz CT molecular complexity index is 1310. The number of nitrogens with zero attached hydrogens (tertiary/aromatic N) is 2. The van der Waals surface area contributed by atoms with E-state index in [-0.39, 0.29) is 17.9 Å². The van der Waals surface area contributed by atoms with Crippen molar-refractivity contribution >= 4 is 11.6 Å². The minimum absolute atomic E-state index is 0.0285. The highest BCUT2D eigenvalue weighted by molar-refractivity contribution is 5.95. The standard InChI is InChI=1S/C34H42N2O4/c1-22-18-27(14-17-32(22)39-2)24-8-6-23(7-9-24)21-36(34(38)26-12-15-30(37)16-13-26)29-5-3-4-28(19-29)31-20-33(40-35-31)25-10-11-25/h3-5,14,17-20,23-26,30,37H,6-13,15-16,21H2,1-2H3/t23-,24-,26-,30-. The molecule has 6 rings (SSSR count). The molecule has 3 aliphatic carbocycles. The SMILES string of the molecule is COc1ccc([C@H]2CC[C@H](CN(c3cccc(-c4cc(C5CC5)on4)c3)C(=O)[C@H]3CC[C@H](O)CC3)CC2)cc1C. The van der Waals surface area contributed by atoms with E-state index in [1.807, 2.05) is 6.07 Å². The molecule has 1 aromatic heterocycles. The van der Waals surface area contributed by atoms with E-state index in [1.165, 1.54) is 24.0 Å². The van der Waals surface area contributed by atoms with Gasteiger partial charge in [-0.05, 0) is 112 Å². The Morgan fingerprint density at radius 3 is 2.40 bits per heavy atom. The average Bonchev–Trinajstić information content (AvgIpc) is 3.72. The Balaban J connectivity index is 1.19. The smallest absolute Gasteiger partial charge is 0.230 e. The molecule has 1 N–H and O–H groups in total. The molecule has 2 aromatic carbocycles. The number of aliphatic hydroxyl groups excluding tert-OH is 1. The molecule has 3 saturated carbocycles. The predicted molar refractivity (Wildman–Crippen MR) is 157 cm³/mol. The van der Waals surface area contributed by atoms with Crippen LogP contribution < -0.4 is 9.64 Å². The lowest BCUT2D eigenvalue weighted by Gasteiger charge is -2.36. The van der Waals surface area contributed by atoms with Gasteiger partial charge in [-0.3, -0.25) is 4.79 Å². The molecule has 3 aromatic rings. The van der Waals surface area contributed by atoms with E-state index in [9.17, 15) is 9.90 Å². The van der Waals surface area contributed by atoms with Gasteiger partial charge in [-0.15, -0.1) is 0 Å². The number of aliphatic hydroxyl groups is 1. The number of carbonyl (C=O) groups excluding carboxylic acids is 1. The van der Waals surface area contributed by atoms with Crippen molar-refractivity contribution in [2.24, 2.45) is 11.8 Å². The number of aromatic nitrogens is 1. The van der Waals surface area contributed by atoms with E-state index in [0.717, 1.165) is 73.5 Å². The minimum atomic E-state index is -0.273. The molecule has 3 fully saturated rings. The molecule has 3 aliphatic rings. The number of rotatable bonds is 8. The first-order valence-corrected chi connectivity index (χ1v) is 15.2. The van der Waals surface area contributed by atoms with Crippen molar-refractivity contribution in [2.75, 3.05) is 18.6 Å². The molecule has 0 radical (unpaired) electrons. The normalized spacial score (nSPS) is 25.0. The lowest BCUT2D eigenvalue weighted by Crippen LogP contribution is -2.41. The van der Waals surface area contributed by atoms with Crippen LogP contribution in [-0.2, 0) is 4.79 Å². The quantitative estimate of drug-likeness (QED) is 0.321. The van der Waals surface area contributed by atoms with Gasteiger partial charge in [0.2, 0.25) is 5.91 Å². The number of amides is 1. The zero-order chi connectivity index (χ0) is 27.6. The molecule has 6 nitrogen and oxygen atoms in total. The third-order valence-electron chi connectivity index (χ3n) is 9.45. The van der Waals surface area contributed by atoms with Crippen molar-refractivity contribution in [3.63, 3.8) is 0 Å². The Morgan fingerprint density at radius 2 is 1.70 bits per heavy atom. The maximum atomic E-state index is 14.0. The molecule has 0 aliphatic heterocycles. The summed E-state index contributed by atoms with van der Waals surface area (Å²) < 4.78 is 11.1. The van der Waals surface area contributed by atoms with Crippen molar-refractivity contribution < 1.29 is 19.2 Å². The van der Waals surface area contributed by atoms with Gasteiger partial charge < -0.3 is 19.3 Å². The van der Waals surface area contributed by atoms with E-state index < -0.39 is 0 Å². The Morgan fingerprint density at radius 1 is 0.950 bits per heavy atom. The van der Waals surface area contributed by atoms with Crippen LogP contribution in [0.3, 0.4) is 0 Å². The summed E-state index contributed by atoms with van der Waals surface area (Å²) in [7, 11) is 1.72. The number of methoxy groups -OCH3 is 1. The fourth-order valence-electron chi connectivity index (χ4n) is 6.78. The number of hydrogen-bond donors (Lipinski definition) is 1. The van der Waals surface area contributed by atoms with Crippen LogP contribution in [0.1, 0.15) is 92.9 Å². The molecule has 0 saturated heterocycles. The molecule has 1 amide bonds. The first-order valence-electron chi connectivity index (χ1n) is 15.2. The number of carbonyl (C=O) groups is 1. The average molecular weight is 543 g/mol. The van der Waals surface area contributed by atoms with Gasteiger partial charge in [-0.25, -0.2) is 0 Å². The molecular weight excluding hydrogens is 500 g/mol. The van der Waals surface area contributed by atoms with Crippen LogP contribution in [0.15, 0.2) is 53.1 Å². The Labute approximate surface area is 237 Å². The number of aryl methyl sites for hydroxylation is 1. The second-order valence-electron chi connectivity index (χ2n) is 12.3. The summed E-state index contributed by atoms with van der Waals surface area (Å²) in [6.07, 6.45) is 9.49. The van der Waals surface area contributed by atoms with Crippen LogP contribution in [0.2, 0.25) is 0 Å². The highest BCUT2D eigenvalue weighted by Crippen LogP contribution is 2.42. The van der Waals surface area contributed by atoms with Crippen LogP contribution in [0.25, 0.3) is 11.3 Å². The summed E-state index contributed by atoms with van der Waals surface area (Å²) in [5.41, 5.74) is 5.36. The summed E-state index contributed by atoms with van der Waals surface area (Å²) >= 11 is 0. The van der Waals surface area contributed by atoms with Crippen molar-refractivity contribution in [2.45, 2.75) is 89.1 Å². The van der Waals surface area contributed by atoms with E-state index in [4.69, 9.17) is 9.26 Å². The molecule has 0 unspecified atom stereocenters. The first-order chi connectivity index (χ1) is 19.5. The summed E-state index contributed by atoms with van der Waals surface area (Å²) in [6, 6.07) is 16.9. The number of ether oxygens (including phenoxy) is 1. The van der Waals surface area contributed by atoms with Gasteiger partial charge in [-0.1, -0.05) is 29.4 Å². The van der Waals surface area contributed by atoms with Crippen LogP contribution in [0.5, 0.6) is 5.75 Å². The van der Waals surface area contributed by atoms with Gasteiger partial charge in [-0.2, -0.15) is 0 Å². The molecule has 0 spiro atoms. The second kappa shape index (κ2) is 11.8. The maximum absolute atomic E-state index is 14.0. The molecule has 212 valence electrons. The monoisotopic (exact) mass is 542 g/mol. The van der Waals surface area contributed by atoms with E-state index in [1.54, 1.807) is 7.11 Å². The van der Waals surface area contributed by atoms with Crippen LogP contribution in [-0.4, -0.2) is 35.9 Å². The predicted octanol–water partition coefficient (Wildman–Crippen LogP) is 7.39. The third kappa shape index (κ3) is 5.97. The van der Waals surface area contributed by atoms with Crippen LogP contribution >= 0.6 is 0 Å². The number of hydrogen-bond acceptors (Lipinski definition) is 5. The summed E-state index contributed by atoms with van der Waals surface area (Å²) in [5.74, 6) is 3.62. The highest BCUT2D eigenvalue weighted by atomic mass is 16.5. The van der Waals surface area contributed by atoms with Gasteiger partial charge in [0.25, 0.3) is 0 Å². The van der Waals surface area contributed by atoms with Gasteiger partial charge in [0, 0.05) is 35.7 Å². The van der Waals surface area contributed by atoms with Crippen molar-refractivity contribution in [3.05, 3.63) is 65.4 Å². The van der Waals surface area contributed by atoms with Crippen molar-refractivity contribution in [1.29, 1.82) is 0 Å². The van der Waals surface area contributed by atoms with Crippen LogP contribution in [0.4, 0.5) is 5.69 Å². The first kappa shape index (κ1) is 27.1. The largest absolute Gasteiger partial charge is 0.496 e. The number of benzene rings is 2. The topological polar surface area (TPSA) is 75.8 Å². The van der Waals surface area contributed by atoms with Gasteiger partial charge >= 0.3 is 0 Å². The summed E-state index contributed by atoms with van der Waals surface area (Å²) in [5, 5.41) is 14.4. The zero-order valence-corrected chi connectivity index (χ0v) is 23.9. The lowest BCUT2D eigenvalue weighted by atomic mass is 9.78. The lowest BCUT2D eigenvalue weighted by molar-refractivity contribution is -0.124. The Kier molecular flexibility index (Phi) is 7.97. The third-order valence-corrected chi connectivity index (χ3v) is 9.45. The molecule has 1 heterocycles. The van der Waals surface area contributed by atoms with E-state index >= 15 is 0 Å². The Hall–Kier alpha value is -3.12. The number of anilines is 1. The fourth-order valence-corrected chi connectivity index (χ4v) is 6.78. The van der Waals surface area contributed by atoms with Crippen molar-refractivity contribution in [3.8, 4) is 17.0 Å². The molecular formula is C34H42N2O4. The van der Waals surface area contributed by atoms with Gasteiger partial charge in [0.15, 0.2) is 0 Å². The van der Waals surface area contributed by atoms with Crippen LogP contribution in [0, 0.1) is 18.8 Å².